The maximum atomic E-state index is 13.2. The highest BCUT2D eigenvalue weighted by Crippen LogP contribution is 2.34. The van der Waals surface area contributed by atoms with Crippen LogP contribution in [0.3, 0.4) is 0 Å². The van der Waals surface area contributed by atoms with Crippen molar-refractivity contribution in [2.45, 2.75) is 12.7 Å². The van der Waals surface area contributed by atoms with E-state index in [1.54, 1.807) is 19.2 Å². The Kier molecular flexibility index (Phi) is 7.07. The molecule has 1 fully saturated rings. The third kappa shape index (κ3) is 5.51. The molecule has 1 aliphatic heterocycles. The Labute approximate surface area is 196 Å². The second-order valence-corrected chi connectivity index (χ2v) is 8.13. The Morgan fingerprint density at radius 1 is 0.912 bits per heavy atom. The van der Waals surface area contributed by atoms with Crippen molar-refractivity contribution in [2.24, 2.45) is 0 Å². The number of nitrogens with zero attached hydrogens (tertiary/aromatic N) is 2. The largest absolute Gasteiger partial charge is 0.495 e. The average molecular weight is 470 g/mol. The molecule has 3 aromatic rings. The summed E-state index contributed by atoms with van der Waals surface area (Å²) in [5.74, 6) is 0.288. The Balaban J connectivity index is 1.34. The molecule has 0 saturated carbocycles. The van der Waals surface area contributed by atoms with Crippen molar-refractivity contribution < 1.29 is 22.7 Å². The van der Waals surface area contributed by atoms with Gasteiger partial charge in [-0.3, -0.25) is 9.69 Å². The summed E-state index contributed by atoms with van der Waals surface area (Å²) in [4.78, 5) is 17.2. The number of hydrogen-bond donors (Lipinski definition) is 1. The molecule has 0 unspecified atom stereocenters. The smallest absolute Gasteiger partial charge is 0.418 e. The van der Waals surface area contributed by atoms with Gasteiger partial charge in [0.2, 0.25) is 0 Å². The maximum Gasteiger partial charge on any atom is 0.418 e. The molecule has 34 heavy (non-hydrogen) atoms. The van der Waals surface area contributed by atoms with E-state index in [2.05, 4.69) is 21.2 Å². The van der Waals surface area contributed by atoms with Crippen molar-refractivity contribution >= 4 is 17.3 Å². The molecule has 1 saturated heterocycles. The fraction of sp³-hybridized carbons (Fsp3) is 0.269. The normalized spacial score (nSPS) is 14.6. The number of amides is 1. The molecule has 4 rings (SSSR count). The maximum absolute atomic E-state index is 13.2. The Bertz CT molecular complexity index is 1120. The minimum atomic E-state index is -4.54. The number of rotatable bonds is 6. The summed E-state index contributed by atoms with van der Waals surface area (Å²) in [6, 6.07) is 19.9. The summed E-state index contributed by atoms with van der Waals surface area (Å²) < 4.78 is 45.0. The highest BCUT2D eigenvalue weighted by atomic mass is 19.4. The third-order valence-corrected chi connectivity index (χ3v) is 5.90. The van der Waals surface area contributed by atoms with Crippen molar-refractivity contribution in [1.82, 2.24) is 4.90 Å². The molecule has 0 radical (unpaired) electrons. The topological polar surface area (TPSA) is 44.8 Å². The molecule has 0 aliphatic carbocycles. The number of piperazine rings is 1. The van der Waals surface area contributed by atoms with Gasteiger partial charge in [-0.2, -0.15) is 13.2 Å². The van der Waals surface area contributed by atoms with E-state index in [1.807, 2.05) is 30.3 Å². The van der Waals surface area contributed by atoms with Crippen molar-refractivity contribution in [3.05, 3.63) is 89.5 Å². The van der Waals surface area contributed by atoms with Gasteiger partial charge in [0, 0.05) is 38.3 Å². The molecule has 5 nitrogen and oxygen atoms in total. The van der Waals surface area contributed by atoms with Gasteiger partial charge in [-0.1, -0.05) is 36.4 Å². The number of alkyl halides is 3. The first-order valence-corrected chi connectivity index (χ1v) is 11.0. The number of carbonyl (C=O) groups is 1. The number of hydrogen-bond acceptors (Lipinski definition) is 4. The van der Waals surface area contributed by atoms with E-state index < -0.39 is 17.6 Å². The summed E-state index contributed by atoms with van der Waals surface area (Å²) in [5.41, 5.74) is 1.32. The van der Waals surface area contributed by atoms with E-state index in [-0.39, 0.29) is 5.69 Å². The molecule has 3 aromatic carbocycles. The van der Waals surface area contributed by atoms with Crippen molar-refractivity contribution in [3.8, 4) is 5.75 Å². The fourth-order valence-corrected chi connectivity index (χ4v) is 4.09. The molecular weight excluding hydrogens is 443 g/mol. The van der Waals surface area contributed by atoms with E-state index >= 15 is 0 Å². The lowest BCUT2D eigenvalue weighted by Crippen LogP contribution is -2.46. The van der Waals surface area contributed by atoms with Crippen LogP contribution in [0.25, 0.3) is 0 Å². The van der Waals surface area contributed by atoms with Gasteiger partial charge >= 0.3 is 6.18 Å². The van der Waals surface area contributed by atoms with E-state index in [9.17, 15) is 18.0 Å². The average Bonchev–Trinajstić information content (AvgIpc) is 2.84. The lowest BCUT2D eigenvalue weighted by atomic mass is 10.1. The van der Waals surface area contributed by atoms with Crippen LogP contribution in [0.15, 0.2) is 72.8 Å². The summed E-state index contributed by atoms with van der Waals surface area (Å²) in [7, 11) is 1.67. The van der Waals surface area contributed by atoms with Crippen molar-refractivity contribution in [1.29, 1.82) is 0 Å². The molecular formula is C26H26F3N3O2. The van der Waals surface area contributed by atoms with Crippen LogP contribution in [-0.4, -0.2) is 44.1 Å². The molecule has 8 heteroatoms. The molecule has 1 amide bonds. The van der Waals surface area contributed by atoms with Crippen LogP contribution in [0.2, 0.25) is 0 Å². The van der Waals surface area contributed by atoms with Gasteiger partial charge in [-0.15, -0.1) is 0 Å². The van der Waals surface area contributed by atoms with Crippen LogP contribution in [0.5, 0.6) is 5.75 Å². The second kappa shape index (κ2) is 10.2. The van der Waals surface area contributed by atoms with Gasteiger partial charge in [0.05, 0.1) is 24.0 Å². The first kappa shape index (κ1) is 23.6. The molecule has 1 aliphatic rings. The zero-order valence-corrected chi connectivity index (χ0v) is 18.8. The summed E-state index contributed by atoms with van der Waals surface area (Å²) in [6.07, 6.45) is -4.54. The minimum Gasteiger partial charge on any atom is -0.495 e. The number of nitrogens with one attached hydrogen (secondary N) is 1. The third-order valence-electron chi connectivity index (χ3n) is 5.90. The lowest BCUT2D eigenvalue weighted by Gasteiger charge is -2.36. The zero-order valence-electron chi connectivity index (χ0n) is 18.8. The molecule has 0 aromatic heterocycles. The van der Waals surface area contributed by atoms with Gasteiger partial charge < -0.3 is 15.0 Å². The predicted octanol–water partition coefficient (Wildman–Crippen LogP) is 5.29. The predicted molar refractivity (Wildman–Crippen MR) is 126 cm³/mol. The van der Waals surface area contributed by atoms with Crippen molar-refractivity contribution in [2.75, 3.05) is 43.5 Å². The lowest BCUT2D eigenvalue weighted by molar-refractivity contribution is -0.136. The number of benzene rings is 3. The van der Waals surface area contributed by atoms with Gasteiger partial charge in [0.15, 0.2) is 0 Å². The first-order valence-electron chi connectivity index (χ1n) is 11.0. The molecule has 178 valence electrons. The molecule has 0 bridgehead atoms. The van der Waals surface area contributed by atoms with Gasteiger partial charge in [-0.25, -0.2) is 0 Å². The summed E-state index contributed by atoms with van der Waals surface area (Å²) in [5, 5.41) is 2.38. The number of para-hydroxylation sites is 3. The number of carbonyl (C=O) groups excluding carboxylic acids is 1. The first-order chi connectivity index (χ1) is 16.3. The number of halogens is 3. The molecule has 0 spiro atoms. The van der Waals surface area contributed by atoms with Gasteiger partial charge in [0.25, 0.3) is 5.91 Å². The van der Waals surface area contributed by atoms with Crippen LogP contribution < -0.4 is 15.0 Å². The Morgan fingerprint density at radius 2 is 1.56 bits per heavy atom. The van der Waals surface area contributed by atoms with E-state index in [0.717, 1.165) is 55.8 Å². The molecule has 1 N–H and O–H groups in total. The number of ether oxygens (including phenoxy) is 1. The standard InChI is InChI=1S/C26H26F3N3O2/c1-34-24-9-5-4-8-23(24)32-16-14-31(15-17-32)18-19-10-12-20(13-11-19)25(33)30-22-7-3-2-6-21(22)26(27,28)29/h2-13H,14-18H2,1H3,(H,30,33). The van der Waals surface area contributed by atoms with Crippen LogP contribution >= 0.6 is 0 Å². The van der Waals surface area contributed by atoms with Gasteiger partial charge in [0.1, 0.15) is 5.75 Å². The minimum absolute atomic E-state index is 0.253. The van der Waals surface area contributed by atoms with E-state index in [0.29, 0.717) is 5.56 Å². The SMILES string of the molecule is COc1ccccc1N1CCN(Cc2ccc(C(=O)Nc3ccccc3C(F)(F)F)cc2)CC1. The quantitative estimate of drug-likeness (QED) is 0.533. The fourth-order valence-electron chi connectivity index (χ4n) is 4.09. The zero-order chi connectivity index (χ0) is 24.1. The van der Waals surface area contributed by atoms with Crippen LogP contribution in [0.1, 0.15) is 21.5 Å². The van der Waals surface area contributed by atoms with E-state index in [1.165, 1.54) is 18.2 Å². The van der Waals surface area contributed by atoms with Crippen LogP contribution in [0.4, 0.5) is 24.5 Å². The second-order valence-electron chi connectivity index (χ2n) is 8.13. The number of methoxy groups -OCH3 is 1. The monoisotopic (exact) mass is 469 g/mol. The Morgan fingerprint density at radius 3 is 2.24 bits per heavy atom. The van der Waals surface area contributed by atoms with Crippen LogP contribution in [0, 0.1) is 0 Å². The Hall–Kier alpha value is -3.52. The molecule has 1 heterocycles. The highest BCUT2D eigenvalue weighted by Gasteiger charge is 2.33. The van der Waals surface area contributed by atoms with E-state index in [4.69, 9.17) is 4.74 Å². The van der Waals surface area contributed by atoms with Crippen LogP contribution in [-0.2, 0) is 12.7 Å². The number of anilines is 2. The molecule has 0 atom stereocenters. The summed E-state index contributed by atoms with van der Waals surface area (Å²) in [6.45, 7) is 4.25. The van der Waals surface area contributed by atoms with Crippen molar-refractivity contribution in [3.63, 3.8) is 0 Å². The summed E-state index contributed by atoms with van der Waals surface area (Å²) >= 11 is 0. The highest BCUT2D eigenvalue weighted by molar-refractivity contribution is 6.04. The van der Waals surface area contributed by atoms with Gasteiger partial charge in [-0.05, 0) is 42.0 Å².